The number of hydrogen-bond donors (Lipinski definition) is 1. The standard InChI is InChI=1S/C11H10F6N5O5P/c1-20(2)10(21(9(12)13)11(14,15)16)25-22-6-4-3-5-7(8(6)18-19-22)26-28(23,24)27-17/h3-5,9H,1-2H3/p+1. The second-order valence-corrected chi connectivity index (χ2v) is 6.36. The number of hydrogen-bond acceptors (Lipinski definition) is 6. The Balaban J connectivity index is 2.48. The molecule has 1 aromatic carbocycles. The summed E-state index contributed by atoms with van der Waals surface area (Å²) >= 11 is 0. The molecule has 0 spiro atoms. The molecule has 0 saturated heterocycles. The van der Waals surface area contributed by atoms with Gasteiger partial charge in [-0.25, -0.2) is 9.14 Å². The van der Waals surface area contributed by atoms with Crippen LogP contribution in [0.25, 0.3) is 11.0 Å². The van der Waals surface area contributed by atoms with Gasteiger partial charge in [-0.3, -0.25) is 9.73 Å². The van der Waals surface area contributed by atoms with Gasteiger partial charge in [-0.05, 0) is 21.9 Å². The summed E-state index contributed by atoms with van der Waals surface area (Å²) < 4.78 is 95.7. The molecule has 0 aliphatic heterocycles. The molecule has 10 nitrogen and oxygen atoms in total. The molecule has 1 unspecified atom stereocenters. The zero-order valence-electron chi connectivity index (χ0n) is 13.8. The van der Waals surface area contributed by atoms with E-state index in [9.17, 15) is 31.0 Å². The number of nitrogens with zero attached hydrogens (tertiary/aromatic N) is 5. The predicted octanol–water partition coefficient (Wildman–Crippen LogP) is 1.91. The van der Waals surface area contributed by atoms with Crippen molar-refractivity contribution >= 4 is 24.9 Å². The van der Waals surface area contributed by atoms with Crippen LogP contribution >= 0.6 is 7.82 Å². The van der Waals surface area contributed by atoms with Gasteiger partial charge in [0.25, 0.3) is 0 Å². The Hall–Kier alpha value is -2.58. The van der Waals surface area contributed by atoms with Gasteiger partial charge in [-0.15, -0.1) is 18.3 Å². The van der Waals surface area contributed by atoms with Gasteiger partial charge in [-0.1, -0.05) is 20.5 Å². The second-order valence-electron chi connectivity index (χ2n) is 5.10. The summed E-state index contributed by atoms with van der Waals surface area (Å²) in [6.07, 6.45) is -5.50. The van der Waals surface area contributed by atoms with Crippen molar-refractivity contribution in [1.29, 1.82) is 0 Å². The van der Waals surface area contributed by atoms with Crippen LogP contribution in [-0.2, 0) is 9.29 Å². The normalized spacial score (nSPS) is 14.1. The van der Waals surface area contributed by atoms with Gasteiger partial charge in [0.05, 0.1) is 14.1 Å². The van der Waals surface area contributed by atoms with E-state index in [0.29, 0.717) is 9.42 Å². The van der Waals surface area contributed by atoms with E-state index in [1.54, 1.807) is 0 Å². The number of alkyl halides is 5. The lowest BCUT2D eigenvalue weighted by Gasteiger charge is -2.19. The average molecular weight is 438 g/mol. The molecule has 156 valence electrons. The monoisotopic (exact) mass is 438 g/mol. The third-order valence-electron chi connectivity index (χ3n) is 2.94. The molecule has 0 aliphatic rings. The highest BCUT2D eigenvalue weighted by Gasteiger charge is 2.55. The number of aromatic nitrogens is 3. The van der Waals surface area contributed by atoms with Gasteiger partial charge in [0.2, 0.25) is 0 Å². The maximum absolute atomic E-state index is 13.0. The van der Waals surface area contributed by atoms with Gasteiger partial charge in [0.15, 0.2) is 11.3 Å². The van der Waals surface area contributed by atoms with Gasteiger partial charge in [0, 0.05) is 0 Å². The summed E-state index contributed by atoms with van der Waals surface area (Å²) in [5.41, 5.74) is -0.616. The Morgan fingerprint density at radius 1 is 1.36 bits per heavy atom. The van der Waals surface area contributed by atoms with E-state index in [0.717, 1.165) is 32.3 Å². The smallest absolute Gasteiger partial charge is 0.400 e. The zero-order chi connectivity index (χ0) is 21.3. The summed E-state index contributed by atoms with van der Waals surface area (Å²) in [6.45, 7) is -4.01. The van der Waals surface area contributed by atoms with Crippen molar-refractivity contribution in [2.75, 3.05) is 14.1 Å². The molecule has 2 aromatic rings. The van der Waals surface area contributed by atoms with E-state index in [4.69, 9.17) is 9.73 Å². The number of phosphoric acid groups is 1. The summed E-state index contributed by atoms with van der Waals surface area (Å²) in [6, 6.07) is 2.00. The number of amidine groups is 1. The van der Waals surface area contributed by atoms with Gasteiger partial charge in [-0.2, -0.15) is 8.78 Å². The minimum atomic E-state index is -5.50. The minimum absolute atomic E-state index is 0.257. The maximum atomic E-state index is 13.0. The van der Waals surface area contributed by atoms with Crippen LogP contribution in [0.3, 0.4) is 0 Å². The Labute approximate surface area is 151 Å². The Bertz CT molecular complexity index is 930. The lowest BCUT2D eigenvalue weighted by atomic mass is 10.3. The van der Waals surface area contributed by atoms with Crippen molar-refractivity contribution in [3.8, 4) is 5.75 Å². The first-order valence-corrected chi connectivity index (χ1v) is 8.41. The average Bonchev–Trinajstić information content (AvgIpc) is 2.96. The Kier molecular flexibility index (Phi) is 6.06. The highest BCUT2D eigenvalue weighted by Crippen LogP contribution is 2.45. The van der Waals surface area contributed by atoms with Crippen molar-refractivity contribution in [3.63, 3.8) is 0 Å². The predicted molar refractivity (Wildman–Crippen MR) is 77.8 cm³/mol. The quantitative estimate of drug-likeness (QED) is 0.189. The fourth-order valence-electron chi connectivity index (χ4n) is 1.90. The maximum Gasteiger partial charge on any atom is 0.570 e. The van der Waals surface area contributed by atoms with E-state index in [2.05, 4.69) is 19.6 Å². The summed E-state index contributed by atoms with van der Waals surface area (Å²) in [5.74, 6) is -0.538. The molecule has 0 fully saturated rings. The molecule has 0 aliphatic carbocycles. The molecule has 0 amide bonds. The minimum Gasteiger partial charge on any atom is -0.400 e. The van der Waals surface area contributed by atoms with Crippen LogP contribution in [0.1, 0.15) is 0 Å². The molecule has 0 saturated carbocycles. The second kappa shape index (κ2) is 7.81. The van der Waals surface area contributed by atoms with E-state index >= 15 is 0 Å². The van der Waals surface area contributed by atoms with Crippen molar-refractivity contribution in [3.05, 3.63) is 18.2 Å². The van der Waals surface area contributed by atoms with Crippen molar-refractivity contribution < 1.29 is 54.6 Å². The fraction of sp³-hybridized carbons (Fsp3) is 0.364. The van der Waals surface area contributed by atoms with Crippen LogP contribution < -0.4 is 9.36 Å². The van der Waals surface area contributed by atoms with E-state index in [1.165, 1.54) is 0 Å². The fourth-order valence-corrected chi connectivity index (χ4v) is 2.32. The lowest BCUT2D eigenvalue weighted by Crippen LogP contribution is -2.53. The van der Waals surface area contributed by atoms with Crippen LogP contribution in [0, 0.1) is 0 Å². The number of benzene rings is 1. The molecule has 17 heteroatoms. The van der Waals surface area contributed by atoms with Gasteiger partial charge in [0.1, 0.15) is 5.52 Å². The molecule has 1 atom stereocenters. The number of phosphoric ester groups is 1. The van der Waals surface area contributed by atoms with Gasteiger partial charge >= 0.3 is 26.7 Å². The van der Waals surface area contributed by atoms with Crippen LogP contribution in [0.15, 0.2) is 18.2 Å². The third-order valence-corrected chi connectivity index (χ3v) is 3.54. The number of fused-ring (bicyclic) bond motifs is 1. The summed E-state index contributed by atoms with van der Waals surface area (Å²) in [7, 11) is -3.13. The number of halogens is 6. The SMILES string of the molecule is C[N+](C)=C(On1nnc2c(OP(=O)(O)OF)cccc21)N(C(F)F)C(F)(F)F. The highest BCUT2D eigenvalue weighted by molar-refractivity contribution is 7.47. The molecule has 2 rings (SSSR count). The van der Waals surface area contributed by atoms with Crippen molar-refractivity contribution in [1.82, 2.24) is 20.1 Å². The van der Waals surface area contributed by atoms with Crippen LogP contribution in [0.2, 0.25) is 0 Å². The van der Waals surface area contributed by atoms with E-state index in [-0.39, 0.29) is 11.0 Å². The third kappa shape index (κ3) is 4.63. The molecular formula is C11H11F6N5O5P+. The first-order chi connectivity index (χ1) is 12.9. The topological polar surface area (TPSA) is 102 Å². The van der Waals surface area contributed by atoms with Crippen LogP contribution in [-0.4, -0.2) is 62.5 Å². The van der Waals surface area contributed by atoms with Crippen LogP contribution in [0.4, 0.5) is 26.5 Å². The highest BCUT2D eigenvalue weighted by atomic mass is 31.2. The molecule has 1 heterocycles. The zero-order valence-corrected chi connectivity index (χ0v) is 14.7. The molecule has 1 aromatic heterocycles. The molecular weight excluding hydrogens is 427 g/mol. The van der Waals surface area contributed by atoms with E-state index in [1.807, 2.05) is 0 Å². The Morgan fingerprint density at radius 2 is 2.00 bits per heavy atom. The summed E-state index contributed by atoms with van der Waals surface area (Å²) in [4.78, 5) is 12.9. The van der Waals surface area contributed by atoms with Crippen LogP contribution in [0.5, 0.6) is 5.75 Å². The van der Waals surface area contributed by atoms with Gasteiger partial charge < -0.3 is 4.52 Å². The molecule has 0 radical (unpaired) electrons. The summed E-state index contributed by atoms with van der Waals surface area (Å²) in [5, 5.41) is 6.78. The molecule has 1 N–H and O–H groups in total. The van der Waals surface area contributed by atoms with E-state index < -0.39 is 37.3 Å². The molecule has 0 bridgehead atoms. The first kappa shape index (κ1) is 21.7. The van der Waals surface area contributed by atoms with Crippen molar-refractivity contribution in [2.45, 2.75) is 12.8 Å². The molecule has 28 heavy (non-hydrogen) atoms. The van der Waals surface area contributed by atoms with Crippen molar-refractivity contribution in [2.24, 2.45) is 0 Å². The first-order valence-electron chi connectivity index (χ1n) is 6.91. The Morgan fingerprint density at radius 3 is 2.50 bits per heavy atom. The largest absolute Gasteiger partial charge is 0.570 e. The number of rotatable bonds is 5. The lowest BCUT2D eigenvalue weighted by molar-refractivity contribution is -0.489.